The van der Waals surface area contributed by atoms with Crippen molar-refractivity contribution in [2.24, 2.45) is 0 Å². The number of rotatable bonds is 3. The summed E-state index contributed by atoms with van der Waals surface area (Å²) in [6, 6.07) is 7.83. The number of aryl methyl sites for hydroxylation is 1. The van der Waals surface area contributed by atoms with Crippen molar-refractivity contribution in [2.45, 2.75) is 13.0 Å². The molecule has 18 heavy (non-hydrogen) atoms. The minimum Gasteiger partial charge on any atom is -0.475 e. The fourth-order valence-electron chi connectivity index (χ4n) is 1.71. The molecule has 2 N–H and O–H groups in total. The molecule has 1 heterocycles. The van der Waals surface area contributed by atoms with Crippen molar-refractivity contribution in [1.82, 2.24) is 0 Å². The second-order valence-corrected chi connectivity index (χ2v) is 4.35. The smallest absolute Gasteiger partial charge is 0.371 e. The highest BCUT2D eigenvalue weighted by Gasteiger charge is 2.18. The van der Waals surface area contributed by atoms with E-state index in [1.54, 1.807) is 18.2 Å². The number of benzene rings is 1. The van der Waals surface area contributed by atoms with Gasteiger partial charge in [0.2, 0.25) is 5.76 Å². The molecule has 2 rings (SSSR count). The topological polar surface area (TPSA) is 70.7 Å². The number of aromatic carboxylic acids is 1. The van der Waals surface area contributed by atoms with Crippen LogP contribution < -0.4 is 0 Å². The van der Waals surface area contributed by atoms with E-state index in [1.807, 2.05) is 6.92 Å². The number of carboxylic acid groups (broad SMARTS) is 1. The second kappa shape index (κ2) is 4.84. The van der Waals surface area contributed by atoms with Crippen molar-refractivity contribution in [3.8, 4) is 0 Å². The zero-order chi connectivity index (χ0) is 13.3. The van der Waals surface area contributed by atoms with Crippen molar-refractivity contribution >= 4 is 17.6 Å². The molecule has 0 bridgehead atoms. The van der Waals surface area contributed by atoms with Gasteiger partial charge in [0, 0.05) is 5.02 Å². The number of halogens is 1. The van der Waals surface area contributed by atoms with Crippen LogP contribution in [0.15, 0.2) is 34.7 Å². The summed E-state index contributed by atoms with van der Waals surface area (Å²) < 4.78 is 5.06. The van der Waals surface area contributed by atoms with Crippen LogP contribution in [-0.4, -0.2) is 16.2 Å². The first-order valence-corrected chi connectivity index (χ1v) is 5.64. The van der Waals surface area contributed by atoms with Crippen molar-refractivity contribution in [2.75, 3.05) is 0 Å². The monoisotopic (exact) mass is 266 g/mol. The van der Waals surface area contributed by atoms with Gasteiger partial charge in [0.25, 0.3) is 0 Å². The number of hydrogen-bond acceptors (Lipinski definition) is 3. The first kappa shape index (κ1) is 12.7. The summed E-state index contributed by atoms with van der Waals surface area (Å²) in [6.45, 7) is 1.81. The quantitative estimate of drug-likeness (QED) is 0.896. The van der Waals surface area contributed by atoms with Gasteiger partial charge in [-0.1, -0.05) is 17.7 Å². The largest absolute Gasteiger partial charge is 0.475 e. The molecule has 2 aromatic rings. The summed E-state index contributed by atoms with van der Waals surface area (Å²) >= 11 is 5.83. The standard InChI is InChI=1S/C13H11ClO4/c1-7-6-8(14)2-3-9(7)12(15)10-4-5-11(18-10)13(16)17/h2-6,12,15H,1H3,(H,16,17). The van der Waals surface area contributed by atoms with Crippen LogP contribution in [0.5, 0.6) is 0 Å². The molecule has 5 heteroatoms. The van der Waals surface area contributed by atoms with Gasteiger partial charge in [-0.25, -0.2) is 4.79 Å². The van der Waals surface area contributed by atoms with Crippen LogP contribution >= 0.6 is 11.6 Å². The number of furan rings is 1. The second-order valence-electron chi connectivity index (χ2n) is 3.91. The van der Waals surface area contributed by atoms with Crippen LogP contribution in [0.25, 0.3) is 0 Å². The molecule has 94 valence electrons. The molecule has 0 aliphatic carbocycles. The Morgan fingerprint density at radius 1 is 1.33 bits per heavy atom. The molecule has 0 fully saturated rings. The molecule has 0 aliphatic rings. The number of aliphatic hydroxyl groups excluding tert-OH is 1. The highest BCUT2D eigenvalue weighted by atomic mass is 35.5. The van der Waals surface area contributed by atoms with Crippen LogP contribution in [0.1, 0.15) is 33.5 Å². The average Bonchev–Trinajstić information content (AvgIpc) is 2.77. The Bertz CT molecular complexity index is 588. The SMILES string of the molecule is Cc1cc(Cl)ccc1C(O)c1ccc(C(=O)O)o1. The van der Waals surface area contributed by atoms with Crippen molar-refractivity contribution in [3.63, 3.8) is 0 Å². The summed E-state index contributed by atoms with van der Waals surface area (Å²) in [4.78, 5) is 10.7. The maximum atomic E-state index is 10.7. The van der Waals surface area contributed by atoms with E-state index in [0.717, 1.165) is 5.56 Å². The Kier molecular flexibility index (Phi) is 3.41. The van der Waals surface area contributed by atoms with E-state index >= 15 is 0 Å². The van der Waals surface area contributed by atoms with Gasteiger partial charge in [-0.3, -0.25) is 0 Å². The van der Waals surface area contributed by atoms with Gasteiger partial charge in [0.15, 0.2) is 0 Å². The minimum atomic E-state index is -1.17. The van der Waals surface area contributed by atoms with Gasteiger partial charge >= 0.3 is 5.97 Å². The lowest BCUT2D eigenvalue weighted by Crippen LogP contribution is -2.01. The average molecular weight is 267 g/mol. The van der Waals surface area contributed by atoms with E-state index in [2.05, 4.69) is 0 Å². The number of hydrogen-bond donors (Lipinski definition) is 2. The molecule has 0 amide bonds. The summed E-state index contributed by atoms with van der Waals surface area (Å²) in [5.41, 5.74) is 1.44. The summed E-state index contributed by atoms with van der Waals surface area (Å²) in [5, 5.41) is 19.5. The maximum absolute atomic E-state index is 10.7. The van der Waals surface area contributed by atoms with E-state index in [4.69, 9.17) is 21.1 Å². The minimum absolute atomic E-state index is 0.192. The molecule has 0 spiro atoms. The van der Waals surface area contributed by atoms with Crippen LogP contribution in [0.4, 0.5) is 0 Å². The lowest BCUT2D eigenvalue weighted by atomic mass is 10.0. The lowest BCUT2D eigenvalue weighted by molar-refractivity contribution is 0.0655. The Hall–Kier alpha value is -1.78. The molecule has 0 saturated heterocycles. The molecule has 0 aliphatic heterocycles. The predicted molar refractivity (Wildman–Crippen MR) is 65.9 cm³/mol. The molecule has 1 atom stereocenters. The summed E-state index contributed by atoms with van der Waals surface area (Å²) in [6.07, 6.45) is -1.00. The Labute approximate surface area is 108 Å². The lowest BCUT2D eigenvalue weighted by Gasteiger charge is -2.11. The highest BCUT2D eigenvalue weighted by molar-refractivity contribution is 6.30. The van der Waals surface area contributed by atoms with Crippen molar-refractivity contribution in [3.05, 3.63) is 58.0 Å². The van der Waals surface area contributed by atoms with Gasteiger partial charge in [0.1, 0.15) is 11.9 Å². The number of aliphatic hydroxyl groups is 1. The molecule has 0 radical (unpaired) electrons. The van der Waals surface area contributed by atoms with Crippen LogP contribution in [-0.2, 0) is 0 Å². The van der Waals surface area contributed by atoms with E-state index in [9.17, 15) is 9.90 Å². The summed E-state index contributed by atoms with van der Waals surface area (Å²) in [7, 11) is 0. The third-order valence-corrected chi connectivity index (χ3v) is 2.87. The van der Waals surface area contributed by atoms with Gasteiger partial charge in [-0.05, 0) is 42.3 Å². The van der Waals surface area contributed by atoms with Crippen molar-refractivity contribution < 1.29 is 19.4 Å². The fraction of sp³-hybridized carbons (Fsp3) is 0.154. The molecule has 1 aromatic carbocycles. The molecular formula is C13H11ClO4. The van der Waals surface area contributed by atoms with Gasteiger partial charge < -0.3 is 14.6 Å². The van der Waals surface area contributed by atoms with Gasteiger partial charge in [-0.2, -0.15) is 0 Å². The Morgan fingerprint density at radius 2 is 2.06 bits per heavy atom. The number of carboxylic acids is 1. The van der Waals surface area contributed by atoms with E-state index < -0.39 is 12.1 Å². The van der Waals surface area contributed by atoms with Gasteiger partial charge in [-0.15, -0.1) is 0 Å². The zero-order valence-electron chi connectivity index (χ0n) is 9.55. The van der Waals surface area contributed by atoms with E-state index in [-0.39, 0.29) is 11.5 Å². The number of carbonyl (C=O) groups is 1. The first-order valence-electron chi connectivity index (χ1n) is 5.26. The Morgan fingerprint density at radius 3 is 2.61 bits per heavy atom. The molecule has 1 aromatic heterocycles. The fourth-order valence-corrected chi connectivity index (χ4v) is 1.94. The van der Waals surface area contributed by atoms with Crippen LogP contribution in [0, 0.1) is 6.92 Å². The highest BCUT2D eigenvalue weighted by Crippen LogP contribution is 2.27. The third kappa shape index (κ3) is 2.39. The Balaban J connectivity index is 2.35. The summed E-state index contributed by atoms with van der Waals surface area (Å²) in [5.74, 6) is -1.17. The third-order valence-electron chi connectivity index (χ3n) is 2.63. The predicted octanol–water partition coefficient (Wildman–Crippen LogP) is 3.02. The van der Waals surface area contributed by atoms with Crippen molar-refractivity contribution in [1.29, 1.82) is 0 Å². The zero-order valence-corrected chi connectivity index (χ0v) is 10.3. The molecule has 0 saturated carbocycles. The van der Waals surface area contributed by atoms with E-state index in [1.165, 1.54) is 12.1 Å². The maximum Gasteiger partial charge on any atom is 0.371 e. The van der Waals surface area contributed by atoms with E-state index in [0.29, 0.717) is 10.6 Å². The molecule has 4 nitrogen and oxygen atoms in total. The first-order chi connectivity index (χ1) is 8.49. The van der Waals surface area contributed by atoms with Gasteiger partial charge in [0.05, 0.1) is 0 Å². The van der Waals surface area contributed by atoms with Crippen LogP contribution in [0.3, 0.4) is 0 Å². The molecular weight excluding hydrogens is 256 g/mol. The molecule has 1 unspecified atom stereocenters. The van der Waals surface area contributed by atoms with Crippen LogP contribution in [0.2, 0.25) is 5.02 Å². The normalized spacial score (nSPS) is 12.4.